The molecule has 16 nitrogen and oxygen atoms in total. The molecule has 5 atom stereocenters. The number of carboxylic acid groups (broad SMARTS) is 1. The van der Waals surface area contributed by atoms with Crippen LogP contribution in [0.2, 0.25) is 0 Å². The summed E-state index contributed by atoms with van der Waals surface area (Å²) in [4.78, 5) is 77.1. The fraction of sp³-hybridized carbons (Fsp3) is 0.345. The van der Waals surface area contributed by atoms with Crippen LogP contribution in [0.15, 0.2) is 54.7 Å². The number of benzene rings is 2. The second-order valence-corrected chi connectivity index (χ2v) is 12.1. The van der Waals surface area contributed by atoms with Crippen molar-refractivity contribution in [3.63, 3.8) is 0 Å². The molecule has 1 aromatic heterocycles. The van der Waals surface area contributed by atoms with Gasteiger partial charge < -0.3 is 37.5 Å². The maximum Gasteiger partial charge on any atom is 0.305 e. The van der Waals surface area contributed by atoms with Crippen LogP contribution in [-0.4, -0.2) is 85.0 Å². The van der Waals surface area contributed by atoms with Gasteiger partial charge >= 0.3 is 5.97 Å². The van der Waals surface area contributed by atoms with Gasteiger partial charge in [0.25, 0.3) is 5.69 Å². The lowest BCUT2D eigenvalue weighted by Crippen LogP contribution is -2.58. The number of primary amides is 1. The Morgan fingerprint density at radius 3 is 2.17 bits per heavy atom. The van der Waals surface area contributed by atoms with Gasteiger partial charge in [0.1, 0.15) is 18.1 Å². The molecule has 1 heterocycles. The first kappa shape index (κ1) is 35.3. The van der Waals surface area contributed by atoms with E-state index < -0.39 is 75.9 Å². The molecule has 9 N–H and O–H groups in total. The molecular formula is C29H35N7O9S. The molecule has 0 aliphatic carbocycles. The third-order valence-corrected chi connectivity index (χ3v) is 7.87. The van der Waals surface area contributed by atoms with E-state index in [9.17, 15) is 43.4 Å². The molecule has 0 saturated heterocycles. The zero-order valence-corrected chi connectivity index (χ0v) is 25.6. The Morgan fingerprint density at radius 2 is 1.52 bits per heavy atom. The molecule has 246 valence electrons. The number of carbonyl (C=O) groups excluding carboxylic acids is 4. The highest BCUT2D eigenvalue weighted by Crippen LogP contribution is 2.20. The van der Waals surface area contributed by atoms with E-state index in [2.05, 4.69) is 20.9 Å². The van der Waals surface area contributed by atoms with Gasteiger partial charge in [-0.25, -0.2) is 0 Å². The molecule has 0 aliphatic heterocycles. The van der Waals surface area contributed by atoms with Crippen LogP contribution in [0.25, 0.3) is 10.9 Å². The van der Waals surface area contributed by atoms with Crippen LogP contribution in [-0.2, 0) is 47.6 Å². The Bertz CT molecular complexity index is 1640. The van der Waals surface area contributed by atoms with Crippen molar-refractivity contribution in [1.82, 2.24) is 20.9 Å². The number of aromatic amines is 1. The van der Waals surface area contributed by atoms with Gasteiger partial charge in [-0.3, -0.25) is 38.3 Å². The summed E-state index contributed by atoms with van der Waals surface area (Å²) in [5.41, 5.74) is 12.9. The van der Waals surface area contributed by atoms with Crippen molar-refractivity contribution in [2.24, 2.45) is 11.5 Å². The first-order chi connectivity index (χ1) is 21.8. The number of nitrogens with one attached hydrogen (secondary N) is 4. The number of aromatic nitrogens is 1. The van der Waals surface area contributed by atoms with E-state index in [0.717, 1.165) is 16.5 Å². The summed E-state index contributed by atoms with van der Waals surface area (Å²) in [5, 5.41) is 28.7. The van der Waals surface area contributed by atoms with Gasteiger partial charge in [-0.15, -0.1) is 0 Å². The summed E-state index contributed by atoms with van der Waals surface area (Å²) in [7, 11) is -1.38. The molecular weight excluding hydrogens is 622 g/mol. The van der Waals surface area contributed by atoms with Gasteiger partial charge in [0, 0.05) is 58.0 Å². The van der Waals surface area contributed by atoms with Crippen LogP contribution in [0.5, 0.6) is 0 Å². The Kier molecular flexibility index (Phi) is 12.5. The van der Waals surface area contributed by atoms with Crippen LogP contribution in [0, 0.1) is 10.1 Å². The lowest BCUT2D eigenvalue weighted by Gasteiger charge is -2.24. The number of para-hydroxylation sites is 2. The summed E-state index contributed by atoms with van der Waals surface area (Å²) in [6, 6.07) is 7.16. The van der Waals surface area contributed by atoms with Crippen molar-refractivity contribution >= 4 is 57.0 Å². The summed E-state index contributed by atoms with van der Waals surface area (Å²) < 4.78 is 11.8. The van der Waals surface area contributed by atoms with Crippen molar-refractivity contribution in [2.75, 3.05) is 12.0 Å². The number of amides is 4. The predicted octanol–water partition coefficient (Wildman–Crippen LogP) is -0.628. The predicted molar refractivity (Wildman–Crippen MR) is 168 cm³/mol. The smallest absolute Gasteiger partial charge is 0.305 e. The van der Waals surface area contributed by atoms with Gasteiger partial charge in [-0.05, 0) is 24.5 Å². The van der Waals surface area contributed by atoms with Gasteiger partial charge in [0.2, 0.25) is 23.6 Å². The van der Waals surface area contributed by atoms with E-state index in [1.807, 2.05) is 24.3 Å². The van der Waals surface area contributed by atoms with Crippen molar-refractivity contribution in [1.29, 1.82) is 0 Å². The second kappa shape index (κ2) is 16.2. The topological polar surface area (TPSA) is 270 Å². The zero-order chi connectivity index (χ0) is 34.0. The fourth-order valence-electron chi connectivity index (χ4n) is 4.69. The summed E-state index contributed by atoms with van der Waals surface area (Å²) >= 11 is 0. The monoisotopic (exact) mass is 657 g/mol. The highest BCUT2D eigenvalue weighted by molar-refractivity contribution is 7.84. The molecule has 46 heavy (non-hydrogen) atoms. The molecule has 0 radical (unpaired) electrons. The van der Waals surface area contributed by atoms with E-state index in [-0.39, 0.29) is 36.3 Å². The minimum atomic E-state index is -1.75. The van der Waals surface area contributed by atoms with Crippen LogP contribution in [0.4, 0.5) is 5.69 Å². The number of carboxylic acids is 1. The zero-order valence-electron chi connectivity index (χ0n) is 24.8. The molecule has 3 aromatic rings. The number of carbonyl (C=O) groups is 5. The Morgan fingerprint density at radius 1 is 0.913 bits per heavy atom. The number of fused-ring (bicyclic) bond motifs is 1. The number of nitro groups is 1. The molecule has 0 aliphatic rings. The molecule has 0 bridgehead atoms. The summed E-state index contributed by atoms with van der Waals surface area (Å²) in [5.74, 6) is -5.36. The van der Waals surface area contributed by atoms with E-state index in [1.54, 1.807) is 6.20 Å². The van der Waals surface area contributed by atoms with Crippen LogP contribution in [0.1, 0.15) is 24.0 Å². The molecule has 0 spiro atoms. The molecule has 17 heteroatoms. The third-order valence-electron chi connectivity index (χ3n) is 7.06. The number of nitro benzene ring substituents is 1. The Balaban J connectivity index is 1.75. The number of hydrogen-bond acceptors (Lipinski definition) is 9. The van der Waals surface area contributed by atoms with Crippen molar-refractivity contribution in [3.05, 3.63) is 76.0 Å². The van der Waals surface area contributed by atoms with E-state index in [0.29, 0.717) is 0 Å². The summed E-state index contributed by atoms with van der Waals surface area (Å²) in [6.45, 7) is 0. The van der Waals surface area contributed by atoms with Crippen molar-refractivity contribution in [2.45, 2.75) is 49.9 Å². The second-order valence-electron chi connectivity index (χ2n) is 10.5. The van der Waals surface area contributed by atoms with E-state index in [1.165, 1.54) is 30.5 Å². The van der Waals surface area contributed by atoms with Crippen LogP contribution < -0.4 is 27.4 Å². The number of nitrogens with zero attached hydrogens (tertiary/aromatic N) is 1. The van der Waals surface area contributed by atoms with E-state index in [4.69, 9.17) is 11.5 Å². The quantitative estimate of drug-likeness (QED) is 0.0713. The SMILES string of the molecule is CS(=O)CC[C@H](NC(=O)[C@H](N)Cc1c[nH]c2ccccc12)C(=O)N[C@@H](CC(=O)O)C(=O)N[C@@H](Cc1ccccc1[N+](=O)[O-])C(N)=O. The van der Waals surface area contributed by atoms with Gasteiger partial charge in [0.15, 0.2) is 0 Å². The average Bonchev–Trinajstić information content (AvgIpc) is 3.40. The average molecular weight is 658 g/mol. The molecule has 3 rings (SSSR count). The summed E-state index contributed by atoms with van der Waals surface area (Å²) in [6.07, 6.45) is 1.77. The molecule has 0 fully saturated rings. The van der Waals surface area contributed by atoms with Crippen molar-refractivity contribution < 1.29 is 38.2 Å². The highest BCUT2D eigenvalue weighted by Gasteiger charge is 2.32. The van der Waals surface area contributed by atoms with Crippen LogP contribution in [0.3, 0.4) is 0 Å². The number of nitrogens with two attached hydrogens (primary N) is 2. The number of H-pyrrole nitrogens is 1. The minimum absolute atomic E-state index is 0.0224. The molecule has 4 amide bonds. The first-order valence-corrected chi connectivity index (χ1v) is 15.7. The van der Waals surface area contributed by atoms with E-state index >= 15 is 0 Å². The largest absolute Gasteiger partial charge is 0.481 e. The van der Waals surface area contributed by atoms with Gasteiger partial charge in [0.05, 0.1) is 17.4 Å². The van der Waals surface area contributed by atoms with Crippen LogP contribution >= 0.6 is 0 Å². The number of aliphatic carboxylic acids is 1. The maximum atomic E-state index is 13.3. The Labute approximate surface area is 265 Å². The normalized spacial score (nSPS) is 14.3. The maximum absolute atomic E-state index is 13.3. The van der Waals surface area contributed by atoms with Gasteiger partial charge in [-0.1, -0.05) is 36.4 Å². The molecule has 1 unspecified atom stereocenters. The minimum Gasteiger partial charge on any atom is -0.481 e. The lowest BCUT2D eigenvalue weighted by molar-refractivity contribution is -0.385. The lowest BCUT2D eigenvalue weighted by atomic mass is 10.0. The standard InChI is InChI=1S/C29H35N7O9S/c1-46(45)11-10-21(33-27(40)19(30)12-17-15-32-20-8-4-3-7-18(17)20)28(41)35-23(14-25(37)38)29(42)34-22(26(31)39)13-16-6-2-5-9-24(16)36(43)44/h2-9,15,19,21-23,32H,10-14,30H2,1H3,(H2,31,39)(H,33,40)(H,34,42)(H,35,41)(H,37,38)/t19-,21+,22+,23+,46?/m1/s1. The highest BCUT2D eigenvalue weighted by atomic mass is 32.2. The van der Waals surface area contributed by atoms with Gasteiger partial charge in [-0.2, -0.15) is 0 Å². The van der Waals surface area contributed by atoms with Crippen molar-refractivity contribution in [3.8, 4) is 0 Å². The molecule has 2 aromatic carbocycles. The first-order valence-electron chi connectivity index (χ1n) is 14.0. The third kappa shape index (κ3) is 9.93. The molecule has 0 saturated carbocycles. The fourth-order valence-corrected chi connectivity index (χ4v) is 5.26. The number of rotatable bonds is 17. The number of hydrogen-bond donors (Lipinski definition) is 7. The Hall–Kier alpha value is -5.16.